The van der Waals surface area contributed by atoms with Gasteiger partial charge in [0.25, 0.3) is 0 Å². The van der Waals surface area contributed by atoms with Crippen molar-refractivity contribution in [1.29, 1.82) is 0 Å². The molecule has 0 spiro atoms. The average Bonchev–Trinajstić information content (AvgIpc) is 1.82. The van der Waals surface area contributed by atoms with E-state index >= 15 is 0 Å². The molecule has 0 aliphatic carbocycles. The highest BCUT2D eigenvalue weighted by molar-refractivity contribution is 4.85. The standard InChI is InChI=1S/C10H21NO/c1-8(2)11-6-9(12)5-10(3,4)7-11/h8-9,12H,5-7H2,1-4H3. The monoisotopic (exact) mass is 171 g/mol. The highest BCUT2D eigenvalue weighted by Crippen LogP contribution is 2.29. The van der Waals surface area contributed by atoms with E-state index in [2.05, 4.69) is 32.6 Å². The van der Waals surface area contributed by atoms with Crippen LogP contribution < -0.4 is 0 Å². The maximum Gasteiger partial charge on any atom is 0.0672 e. The molecule has 1 unspecified atom stereocenters. The Morgan fingerprint density at radius 3 is 2.42 bits per heavy atom. The first kappa shape index (κ1) is 10.0. The molecule has 0 amide bonds. The van der Waals surface area contributed by atoms with Crippen LogP contribution in [0.25, 0.3) is 0 Å². The summed E-state index contributed by atoms with van der Waals surface area (Å²) in [7, 11) is 0. The number of piperidine rings is 1. The molecule has 1 aliphatic heterocycles. The molecule has 1 N–H and O–H groups in total. The third-order valence-electron chi connectivity index (χ3n) is 2.59. The summed E-state index contributed by atoms with van der Waals surface area (Å²) in [5.74, 6) is 0. The molecule has 0 bridgehead atoms. The minimum Gasteiger partial charge on any atom is -0.392 e. The molecule has 0 aromatic rings. The van der Waals surface area contributed by atoms with E-state index < -0.39 is 0 Å². The van der Waals surface area contributed by atoms with Gasteiger partial charge in [-0.05, 0) is 25.7 Å². The van der Waals surface area contributed by atoms with Crippen LogP contribution in [0.1, 0.15) is 34.1 Å². The fourth-order valence-corrected chi connectivity index (χ4v) is 2.05. The Balaban J connectivity index is 2.58. The molecule has 2 heteroatoms. The first-order valence-corrected chi connectivity index (χ1v) is 4.83. The third kappa shape index (κ3) is 2.46. The topological polar surface area (TPSA) is 23.5 Å². The van der Waals surface area contributed by atoms with Crippen LogP contribution in [-0.4, -0.2) is 35.2 Å². The van der Waals surface area contributed by atoms with Crippen LogP contribution in [0.3, 0.4) is 0 Å². The number of hydrogen-bond donors (Lipinski definition) is 1. The summed E-state index contributed by atoms with van der Waals surface area (Å²) in [6, 6.07) is 0.555. The van der Waals surface area contributed by atoms with Crippen molar-refractivity contribution in [3.8, 4) is 0 Å². The number of aliphatic hydroxyl groups excluding tert-OH is 1. The van der Waals surface area contributed by atoms with Crippen molar-refractivity contribution in [3.63, 3.8) is 0 Å². The van der Waals surface area contributed by atoms with Gasteiger partial charge in [-0.1, -0.05) is 13.8 Å². The van der Waals surface area contributed by atoms with Gasteiger partial charge in [-0.3, -0.25) is 4.90 Å². The van der Waals surface area contributed by atoms with Gasteiger partial charge in [0.15, 0.2) is 0 Å². The van der Waals surface area contributed by atoms with Crippen LogP contribution in [0, 0.1) is 5.41 Å². The Morgan fingerprint density at radius 1 is 1.42 bits per heavy atom. The van der Waals surface area contributed by atoms with Crippen LogP contribution in [0.5, 0.6) is 0 Å². The van der Waals surface area contributed by atoms with Crippen LogP contribution in [0.15, 0.2) is 0 Å². The first-order valence-electron chi connectivity index (χ1n) is 4.83. The van der Waals surface area contributed by atoms with Gasteiger partial charge in [0.1, 0.15) is 0 Å². The molecule has 0 saturated carbocycles. The Hall–Kier alpha value is -0.0800. The second-order valence-corrected chi connectivity index (χ2v) is 5.05. The SMILES string of the molecule is CC(C)N1CC(O)CC(C)(C)C1. The van der Waals surface area contributed by atoms with Crippen LogP contribution in [0.4, 0.5) is 0 Å². The van der Waals surface area contributed by atoms with Crippen LogP contribution in [-0.2, 0) is 0 Å². The molecule has 1 saturated heterocycles. The molecule has 0 aromatic heterocycles. The molecule has 0 radical (unpaired) electrons. The van der Waals surface area contributed by atoms with E-state index in [9.17, 15) is 5.11 Å². The van der Waals surface area contributed by atoms with Crippen LogP contribution in [0.2, 0.25) is 0 Å². The maximum absolute atomic E-state index is 9.62. The first-order chi connectivity index (χ1) is 5.41. The summed E-state index contributed by atoms with van der Waals surface area (Å²) < 4.78 is 0. The molecule has 1 fully saturated rings. The van der Waals surface area contributed by atoms with E-state index in [0.717, 1.165) is 19.5 Å². The Morgan fingerprint density at radius 2 is 2.00 bits per heavy atom. The zero-order chi connectivity index (χ0) is 9.35. The van der Waals surface area contributed by atoms with E-state index in [1.807, 2.05) is 0 Å². The lowest BCUT2D eigenvalue weighted by Gasteiger charge is -2.42. The smallest absolute Gasteiger partial charge is 0.0672 e. The summed E-state index contributed by atoms with van der Waals surface area (Å²) in [5, 5.41) is 9.62. The van der Waals surface area contributed by atoms with E-state index in [1.54, 1.807) is 0 Å². The molecule has 1 heterocycles. The second kappa shape index (κ2) is 3.35. The normalized spacial score (nSPS) is 31.0. The zero-order valence-electron chi connectivity index (χ0n) is 8.67. The fraction of sp³-hybridized carbons (Fsp3) is 1.00. The maximum atomic E-state index is 9.62. The number of rotatable bonds is 1. The van der Waals surface area contributed by atoms with Gasteiger partial charge in [-0.15, -0.1) is 0 Å². The quantitative estimate of drug-likeness (QED) is 0.646. The lowest BCUT2D eigenvalue weighted by Crippen LogP contribution is -2.49. The second-order valence-electron chi connectivity index (χ2n) is 5.05. The van der Waals surface area contributed by atoms with E-state index in [0.29, 0.717) is 6.04 Å². The average molecular weight is 171 g/mol. The minimum atomic E-state index is -0.129. The van der Waals surface area contributed by atoms with Gasteiger partial charge in [-0.2, -0.15) is 0 Å². The molecular weight excluding hydrogens is 150 g/mol. The molecule has 12 heavy (non-hydrogen) atoms. The zero-order valence-corrected chi connectivity index (χ0v) is 8.67. The molecule has 0 aromatic carbocycles. The van der Waals surface area contributed by atoms with Crippen molar-refractivity contribution in [2.75, 3.05) is 13.1 Å². The number of hydrogen-bond acceptors (Lipinski definition) is 2. The van der Waals surface area contributed by atoms with Crippen molar-refractivity contribution < 1.29 is 5.11 Å². The highest BCUT2D eigenvalue weighted by atomic mass is 16.3. The molecule has 1 aliphatic rings. The van der Waals surface area contributed by atoms with E-state index in [4.69, 9.17) is 0 Å². The number of likely N-dealkylation sites (tertiary alicyclic amines) is 1. The highest BCUT2D eigenvalue weighted by Gasteiger charge is 2.32. The van der Waals surface area contributed by atoms with Crippen LogP contribution >= 0.6 is 0 Å². The van der Waals surface area contributed by atoms with Crippen molar-refractivity contribution >= 4 is 0 Å². The fourth-order valence-electron chi connectivity index (χ4n) is 2.05. The molecule has 2 nitrogen and oxygen atoms in total. The summed E-state index contributed by atoms with van der Waals surface area (Å²) >= 11 is 0. The summed E-state index contributed by atoms with van der Waals surface area (Å²) in [6.07, 6.45) is 0.812. The Bertz CT molecular complexity index is 154. The number of β-amino-alcohol motifs (C(OH)–C–C–N with tert-alkyl or cyclic N) is 1. The van der Waals surface area contributed by atoms with Gasteiger partial charge in [-0.25, -0.2) is 0 Å². The largest absolute Gasteiger partial charge is 0.392 e. The number of aliphatic hydroxyl groups is 1. The van der Waals surface area contributed by atoms with Gasteiger partial charge < -0.3 is 5.11 Å². The number of nitrogens with zero attached hydrogens (tertiary/aromatic N) is 1. The third-order valence-corrected chi connectivity index (χ3v) is 2.59. The van der Waals surface area contributed by atoms with E-state index in [-0.39, 0.29) is 11.5 Å². The van der Waals surface area contributed by atoms with Crippen molar-refractivity contribution in [1.82, 2.24) is 4.90 Å². The van der Waals surface area contributed by atoms with Gasteiger partial charge in [0.2, 0.25) is 0 Å². The molecule has 1 rings (SSSR count). The van der Waals surface area contributed by atoms with Crippen molar-refractivity contribution in [2.45, 2.75) is 46.3 Å². The van der Waals surface area contributed by atoms with Gasteiger partial charge in [0, 0.05) is 19.1 Å². The van der Waals surface area contributed by atoms with Gasteiger partial charge in [0.05, 0.1) is 6.10 Å². The predicted molar refractivity (Wildman–Crippen MR) is 51.1 cm³/mol. The lowest BCUT2D eigenvalue weighted by atomic mass is 9.82. The van der Waals surface area contributed by atoms with Crippen molar-refractivity contribution in [2.24, 2.45) is 5.41 Å². The minimum absolute atomic E-state index is 0.129. The Labute approximate surface area is 75.6 Å². The summed E-state index contributed by atoms with van der Waals surface area (Å²) in [5.41, 5.74) is 0.280. The van der Waals surface area contributed by atoms with Crippen molar-refractivity contribution in [3.05, 3.63) is 0 Å². The lowest BCUT2D eigenvalue weighted by molar-refractivity contribution is -0.00718. The summed E-state index contributed by atoms with van der Waals surface area (Å²) in [6.45, 7) is 10.8. The molecule has 72 valence electrons. The van der Waals surface area contributed by atoms with E-state index in [1.165, 1.54) is 0 Å². The summed E-state index contributed by atoms with van der Waals surface area (Å²) in [4.78, 5) is 2.36. The predicted octanol–water partition coefficient (Wildman–Crippen LogP) is 1.49. The Kier molecular flexibility index (Phi) is 2.79. The van der Waals surface area contributed by atoms with Gasteiger partial charge >= 0.3 is 0 Å². The molecule has 1 atom stereocenters. The molecular formula is C10H21NO.